The summed E-state index contributed by atoms with van der Waals surface area (Å²) in [5, 5.41) is 7.00. The highest BCUT2D eigenvalue weighted by molar-refractivity contribution is 7.45. The molecule has 2 saturated heterocycles. The molecule has 166 valence electrons. The van der Waals surface area contributed by atoms with Crippen LogP contribution >= 0.6 is 7.82 Å². The lowest BCUT2D eigenvalue weighted by Crippen LogP contribution is -2.40. The minimum atomic E-state index is -4.76. The third kappa shape index (κ3) is 6.98. The molecule has 2 aliphatic rings. The molecule has 14 heteroatoms. The average molecular weight is 437 g/mol. The summed E-state index contributed by atoms with van der Waals surface area (Å²) < 4.78 is 54.0. The summed E-state index contributed by atoms with van der Waals surface area (Å²) in [5.41, 5.74) is 0. The van der Waals surface area contributed by atoms with Crippen molar-refractivity contribution in [2.75, 3.05) is 48.8 Å². The summed E-state index contributed by atoms with van der Waals surface area (Å²) in [5.74, 6) is 0. The first-order valence-corrected chi connectivity index (χ1v) is 10.2. The molecule has 0 aromatic heterocycles. The van der Waals surface area contributed by atoms with E-state index in [9.17, 15) is 9.46 Å². The Morgan fingerprint density at radius 3 is 1.76 bits per heavy atom. The number of phosphoric acid groups is 1. The molecule has 2 rings (SSSR count). The molecule has 0 saturated carbocycles. The second-order valence-corrected chi connectivity index (χ2v) is 7.51. The van der Waals surface area contributed by atoms with Gasteiger partial charge in [-0.05, 0) is 0 Å². The van der Waals surface area contributed by atoms with Crippen LogP contribution < -0.4 is 4.89 Å². The number of aliphatic hydroxyl groups is 1. The highest BCUT2D eigenvalue weighted by atomic mass is 31.2. The first-order chi connectivity index (χ1) is 13.8. The van der Waals surface area contributed by atoms with Gasteiger partial charge in [0.1, 0.15) is 52.3 Å². The van der Waals surface area contributed by atoms with Crippen LogP contribution in [0.2, 0.25) is 0 Å². The maximum absolute atomic E-state index is 12.3. The zero-order valence-corrected chi connectivity index (χ0v) is 18.1. The van der Waals surface area contributed by atoms with Crippen LogP contribution in [0, 0.1) is 0 Å². The molecule has 2 aliphatic heterocycles. The smallest absolute Gasteiger partial charge is 0.268 e. The fourth-order valence-corrected chi connectivity index (χ4v) is 4.18. The van der Waals surface area contributed by atoms with Crippen LogP contribution in [0.3, 0.4) is 0 Å². The topological polar surface area (TPSA) is 134 Å². The van der Waals surface area contributed by atoms with Gasteiger partial charge < -0.3 is 47.5 Å². The monoisotopic (exact) mass is 437 g/mol. The lowest BCUT2D eigenvalue weighted by molar-refractivity contribution is -0.236. The zero-order valence-electron chi connectivity index (χ0n) is 17.2. The molecule has 1 N–H and O–H groups in total. The van der Waals surface area contributed by atoms with Gasteiger partial charge in [-0.3, -0.25) is 4.57 Å². The molecule has 2 heterocycles. The van der Waals surface area contributed by atoms with Gasteiger partial charge in [0.15, 0.2) is 0 Å². The minimum Gasteiger partial charge on any atom is -0.756 e. The average Bonchev–Trinajstić information content (AvgIpc) is 3.16. The number of rotatable bonds is 10. The molecule has 2 fully saturated rings. The number of ether oxygens (including phenoxy) is 6. The van der Waals surface area contributed by atoms with Gasteiger partial charge in [0.25, 0.3) is 7.82 Å². The van der Waals surface area contributed by atoms with Gasteiger partial charge in [-0.15, -0.1) is 0 Å². The summed E-state index contributed by atoms with van der Waals surface area (Å²) in [4.78, 5) is 12.3. The van der Waals surface area contributed by atoms with E-state index in [0.717, 1.165) is 7.11 Å². The molecule has 0 aliphatic carbocycles. The van der Waals surface area contributed by atoms with E-state index in [1.54, 1.807) is 0 Å². The van der Waals surface area contributed by atoms with E-state index in [2.05, 4.69) is 0 Å². The fourth-order valence-electron chi connectivity index (χ4n) is 3.24. The van der Waals surface area contributed by atoms with Gasteiger partial charge in [0.05, 0.1) is 13.2 Å². The normalized spacial score (nSPS) is 39.0. The molecule has 9 unspecified atom stereocenters. The molecule has 9 atom stereocenters. The van der Waals surface area contributed by atoms with Crippen molar-refractivity contribution >= 4 is 23.5 Å². The first-order valence-electron chi connectivity index (χ1n) is 8.76. The van der Waals surface area contributed by atoms with Crippen LogP contribution in [0.5, 0.6) is 0 Å². The van der Waals surface area contributed by atoms with Crippen molar-refractivity contribution in [1.82, 2.24) is 0 Å². The van der Waals surface area contributed by atoms with Crippen molar-refractivity contribution in [3.05, 3.63) is 0 Å². The maximum atomic E-state index is 12.3. The molecule has 0 aromatic carbocycles. The van der Waals surface area contributed by atoms with Crippen LogP contribution in [0.1, 0.15) is 0 Å². The van der Waals surface area contributed by atoms with Crippen molar-refractivity contribution in [3.8, 4) is 0 Å². The van der Waals surface area contributed by atoms with Crippen LogP contribution in [0.4, 0.5) is 0 Å². The Bertz CT molecular complexity index is 517. The predicted molar refractivity (Wildman–Crippen MR) is 99.7 cm³/mol. The lowest BCUT2D eigenvalue weighted by Gasteiger charge is -2.31. The number of aliphatic hydroxyl groups excluding tert-OH is 1. The standard InChI is InChI=1S/C14H25B2O10P.CH4O/c1-19-5-7-10(12(22-4)14(16)24-7)26-27(17,18)23-6-8-9(20-2)11(21-3)13(15)25-8;1-2/h7-14H,5-6H2,1-4H3,(H,17,18);2H,1H3/p-1. The fraction of sp³-hybridized carbons (Fsp3) is 1.00. The third-order valence-electron chi connectivity index (χ3n) is 4.49. The largest absolute Gasteiger partial charge is 0.756 e. The molecule has 29 heavy (non-hydrogen) atoms. The Kier molecular flexibility index (Phi) is 11.8. The second kappa shape index (κ2) is 12.7. The number of methoxy groups -OCH3 is 4. The van der Waals surface area contributed by atoms with Crippen LogP contribution in [0.25, 0.3) is 0 Å². The third-order valence-corrected chi connectivity index (χ3v) is 5.45. The molecular weight excluding hydrogens is 409 g/mol. The highest BCUT2D eigenvalue weighted by Crippen LogP contribution is 2.44. The van der Waals surface area contributed by atoms with Gasteiger partial charge in [0.2, 0.25) is 0 Å². The molecule has 0 bridgehead atoms. The molecule has 0 aromatic rings. The van der Waals surface area contributed by atoms with Gasteiger partial charge >= 0.3 is 0 Å². The quantitative estimate of drug-likeness (QED) is 0.299. The Morgan fingerprint density at radius 2 is 1.31 bits per heavy atom. The van der Waals surface area contributed by atoms with Crippen molar-refractivity contribution in [3.63, 3.8) is 0 Å². The van der Waals surface area contributed by atoms with Crippen molar-refractivity contribution < 1.29 is 52.0 Å². The lowest BCUT2D eigenvalue weighted by atomic mass is 9.93. The number of hydrogen-bond acceptors (Lipinski definition) is 11. The van der Waals surface area contributed by atoms with Gasteiger partial charge in [-0.1, -0.05) is 0 Å². The van der Waals surface area contributed by atoms with Crippen LogP contribution in [-0.2, 0) is 42.0 Å². The van der Waals surface area contributed by atoms with Crippen molar-refractivity contribution in [2.24, 2.45) is 0 Å². The summed E-state index contributed by atoms with van der Waals surface area (Å²) in [6, 6.07) is -1.64. The Balaban J connectivity index is 0.00000204. The maximum Gasteiger partial charge on any atom is 0.268 e. The van der Waals surface area contributed by atoms with Crippen molar-refractivity contribution in [1.29, 1.82) is 0 Å². The Morgan fingerprint density at radius 1 is 0.862 bits per heavy atom. The summed E-state index contributed by atoms with van der Waals surface area (Å²) in [6.07, 6.45) is -4.47. The highest BCUT2D eigenvalue weighted by Gasteiger charge is 2.46. The van der Waals surface area contributed by atoms with E-state index in [1.807, 2.05) is 0 Å². The van der Waals surface area contributed by atoms with E-state index in [4.69, 9.17) is 58.3 Å². The first kappa shape index (κ1) is 27.0. The molecule has 0 amide bonds. The molecular formula is C15H28B2O11P-. The predicted octanol–water partition coefficient (Wildman–Crippen LogP) is -2.06. The van der Waals surface area contributed by atoms with E-state index in [0.29, 0.717) is 0 Å². The summed E-state index contributed by atoms with van der Waals surface area (Å²) in [7, 11) is 13.5. The van der Waals surface area contributed by atoms with Crippen LogP contribution in [-0.4, -0.2) is 118 Å². The summed E-state index contributed by atoms with van der Waals surface area (Å²) in [6.45, 7) is -0.293. The second-order valence-electron chi connectivity index (χ2n) is 6.15. The van der Waals surface area contributed by atoms with Crippen molar-refractivity contribution in [2.45, 2.75) is 48.6 Å². The minimum absolute atomic E-state index is 0.0695. The summed E-state index contributed by atoms with van der Waals surface area (Å²) >= 11 is 0. The Hall–Kier alpha value is -0.0401. The van der Waals surface area contributed by atoms with Gasteiger partial charge in [-0.25, -0.2) is 0 Å². The molecule has 0 spiro atoms. The zero-order chi connectivity index (χ0) is 22.2. The number of hydrogen-bond donors (Lipinski definition) is 1. The SMILES string of the molecule is CO.[B]C1OC(COP(=O)([O-])OC2C(COC)OC([B])C2OC)C(OC)C1OC. The molecule has 11 nitrogen and oxygen atoms in total. The van der Waals surface area contributed by atoms with Gasteiger partial charge in [0, 0.05) is 47.6 Å². The number of phosphoric ester groups is 1. The van der Waals surface area contributed by atoms with E-state index in [-0.39, 0.29) is 13.2 Å². The van der Waals surface area contributed by atoms with E-state index < -0.39 is 56.5 Å². The molecule has 4 radical (unpaired) electrons. The van der Waals surface area contributed by atoms with E-state index >= 15 is 0 Å². The van der Waals surface area contributed by atoms with Gasteiger partial charge in [-0.2, -0.15) is 0 Å². The van der Waals surface area contributed by atoms with Crippen LogP contribution in [0.15, 0.2) is 0 Å². The van der Waals surface area contributed by atoms with E-state index in [1.165, 1.54) is 28.4 Å². The Labute approximate surface area is 173 Å².